The highest BCUT2D eigenvalue weighted by atomic mass is 19.1. The first-order chi connectivity index (χ1) is 9.20. The third kappa shape index (κ3) is 3.55. The van der Waals surface area contributed by atoms with E-state index in [1.165, 1.54) is 25.3 Å². The fourth-order valence-electron chi connectivity index (χ4n) is 1.62. The van der Waals surface area contributed by atoms with Gasteiger partial charge >= 0.3 is 0 Å². The Morgan fingerprint density at radius 3 is 3.00 bits per heavy atom. The Bertz CT molecular complexity index is 449. The summed E-state index contributed by atoms with van der Waals surface area (Å²) < 4.78 is 28.3. The van der Waals surface area contributed by atoms with Gasteiger partial charge in [0, 0.05) is 6.07 Å². The molecule has 2 rings (SSSR count). The predicted molar refractivity (Wildman–Crippen MR) is 65.3 cm³/mol. The quantitative estimate of drug-likeness (QED) is 0.788. The van der Waals surface area contributed by atoms with Crippen LogP contribution >= 0.6 is 0 Å². The number of rotatable bonds is 4. The molecular weight excluding hydrogens is 255 g/mol. The first-order valence-electron chi connectivity index (χ1n) is 5.79. The topological polar surface area (TPSA) is 68.8 Å². The van der Waals surface area contributed by atoms with Crippen molar-refractivity contribution in [3.8, 4) is 5.75 Å². The lowest BCUT2D eigenvalue weighted by Gasteiger charge is -2.22. The number of carbonyl (C=O) groups excluding carboxylic acids is 1. The molecule has 7 heteroatoms. The molecule has 1 atom stereocenters. The van der Waals surface area contributed by atoms with Gasteiger partial charge in [0.1, 0.15) is 11.6 Å². The normalized spacial score (nSPS) is 18.7. The van der Waals surface area contributed by atoms with E-state index in [-0.39, 0.29) is 12.5 Å². The van der Waals surface area contributed by atoms with Crippen LogP contribution in [-0.2, 0) is 14.3 Å². The molecule has 0 unspecified atom stereocenters. The van der Waals surface area contributed by atoms with E-state index in [1.54, 1.807) is 0 Å². The van der Waals surface area contributed by atoms with E-state index in [4.69, 9.17) is 14.2 Å². The number of amides is 1. The molecule has 1 fully saturated rings. The van der Waals surface area contributed by atoms with Gasteiger partial charge in [-0.15, -0.1) is 0 Å². The lowest BCUT2D eigenvalue weighted by atomic mass is 10.3. The summed E-state index contributed by atoms with van der Waals surface area (Å²) in [6.45, 7) is 1.09. The first-order valence-corrected chi connectivity index (χ1v) is 5.79. The summed E-state index contributed by atoms with van der Waals surface area (Å²) in [6.07, 6.45) is -0.646. The third-order valence-electron chi connectivity index (χ3n) is 2.59. The average Bonchev–Trinajstić information content (AvgIpc) is 2.46. The minimum absolute atomic E-state index is 0.216. The van der Waals surface area contributed by atoms with Crippen molar-refractivity contribution in [2.75, 3.05) is 32.4 Å². The molecule has 2 N–H and O–H groups in total. The van der Waals surface area contributed by atoms with Crippen LogP contribution in [0.5, 0.6) is 5.75 Å². The molecule has 1 heterocycles. The third-order valence-corrected chi connectivity index (χ3v) is 2.59. The summed E-state index contributed by atoms with van der Waals surface area (Å²) in [5.74, 6) is -0.482. The van der Waals surface area contributed by atoms with Crippen molar-refractivity contribution >= 4 is 11.6 Å². The highest BCUT2D eigenvalue weighted by Gasteiger charge is 2.22. The number of anilines is 1. The van der Waals surface area contributed by atoms with Crippen molar-refractivity contribution in [3.63, 3.8) is 0 Å². The van der Waals surface area contributed by atoms with E-state index in [2.05, 4.69) is 10.9 Å². The molecule has 1 aliphatic rings. The van der Waals surface area contributed by atoms with Crippen LogP contribution in [0.4, 0.5) is 10.1 Å². The maximum atomic E-state index is 13.0. The van der Waals surface area contributed by atoms with Crippen molar-refractivity contribution in [3.05, 3.63) is 24.0 Å². The molecule has 1 aromatic rings. The van der Waals surface area contributed by atoms with Gasteiger partial charge in [-0.25, -0.2) is 4.39 Å². The number of methoxy groups -OCH3 is 1. The van der Waals surface area contributed by atoms with Gasteiger partial charge in [0.05, 0.1) is 32.6 Å². The van der Waals surface area contributed by atoms with Crippen LogP contribution in [0.1, 0.15) is 0 Å². The van der Waals surface area contributed by atoms with E-state index in [1.807, 2.05) is 0 Å². The molecular formula is C12H15FN2O4. The van der Waals surface area contributed by atoms with Crippen molar-refractivity contribution in [2.45, 2.75) is 6.10 Å². The second kappa shape index (κ2) is 6.35. The zero-order chi connectivity index (χ0) is 13.7. The number of hydrogen-bond donors (Lipinski definition) is 2. The van der Waals surface area contributed by atoms with Gasteiger partial charge in [-0.05, 0) is 12.1 Å². The smallest absolute Gasteiger partial charge is 0.269 e. The van der Waals surface area contributed by atoms with Gasteiger partial charge in [0.2, 0.25) is 0 Å². The van der Waals surface area contributed by atoms with E-state index < -0.39 is 11.9 Å². The molecule has 0 aromatic heterocycles. The van der Waals surface area contributed by atoms with Crippen LogP contribution in [-0.4, -0.2) is 38.9 Å². The minimum Gasteiger partial charge on any atom is -0.494 e. The summed E-state index contributed by atoms with van der Waals surface area (Å²) in [6, 6.07) is 3.94. The molecule has 1 saturated heterocycles. The molecule has 19 heavy (non-hydrogen) atoms. The zero-order valence-corrected chi connectivity index (χ0v) is 10.4. The van der Waals surface area contributed by atoms with Gasteiger partial charge in [-0.1, -0.05) is 0 Å². The van der Waals surface area contributed by atoms with Crippen LogP contribution in [0.3, 0.4) is 0 Å². The van der Waals surface area contributed by atoms with Crippen molar-refractivity contribution in [1.82, 2.24) is 5.43 Å². The summed E-state index contributed by atoms with van der Waals surface area (Å²) in [5.41, 5.74) is 5.58. The molecule has 1 amide bonds. The highest BCUT2D eigenvalue weighted by molar-refractivity contribution is 5.82. The van der Waals surface area contributed by atoms with Crippen LogP contribution in [0, 0.1) is 5.82 Å². The summed E-state index contributed by atoms with van der Waals surface area (Å²) in [7, 11) is 1.42. The standard InChI is InChI=1S/C12H15FN2O4/c1-17-10-6-8(13)2-3-9(10)14-15-12(16)11-7-18-4-5-19-11/h2-3,6,11,14H,4-5,7H2,1H3,(H,15,16)/t11-/m1/s1. The van der Waals surface area contributed by atoms with E-state index in [0.29, 0.717) is 24.7 Å². The Labute approximate surface area is 109 Å². The number of halogens is 1. The first kappa shape index (κ1) is 13.6. The zero-order valence-electron chi connectivity index (χ0n) is 10.4. The SMILES string of the molecule is COc1cc(F)ccc1NNC(=O)[C@H]1COCCO1. The minimum atomic E-state index is -0.646. The molecule has 0 aliphatic carbocycles. The summed E-state index contributed by atoms with van der Waals surface area (Å²) in [4.78, 5) is 11.7. The largest absolute Gasteiger partial charge is 0.494 e. The van der Waals surface area contributed by atoms with Crippen molar-refractivity contribution in [1.29, 1.82) is 0 Å². The van der Waals surface area contributed by atoms with Crippen LogP contribution < -0.4 is 15.6 Å². The van der Waals surface area contributed by atoms with Gasteiger partial charge in [0.25, 0.3) is 5.91 Å². The fraction of sp³-hybridized carbons (Fsp3) is 0.417. The molecule has 104 valence electrons. The van der Waals surface area contributed by atoms with Crippen molar-refractivity contribution in [2.24, 2.45) is 0 Å². The Balaban J connectivity index is 1.92. The van der Waals surface area contributed by atoms with Crippen LogP contribution in [0.15, 0.2) is 18.2 Å². The molecule has 1 aliphatic heterocycles. The summed E-state index contributed by atoms with van der Waals surface area (Å²) >= 11 is 0. The van der Waals surface area contributed by atoms with Gasteiger partial charge < -0.3 is 14.2 Å². The molecule has 0 saturated carbocycles. The lowest BCUT2D eigenvalue weighted by Crippen LogP contribution is -2.44. The maximum Gasteiger partial charge on any atom is 0.269 e. The lowest BCUT2D eigenvalue weighted by molar-refractivity contribution is -0.146. The van der Waals surface area contributed by atoms with Crippen LogP contribution in [0.25, 0.3) is 0 Å². The van der Waals surface area contributed by atoms with Gasteiger partial charge in [0.15, 0.2) is 6.10 Å². The Kier molecular flexibility index (Phi) is 4.53. The maximum absolute atomic E-state index is 13.0. The number of hydrogen-bond acceptors (Lipinski definition) is 5. The second-order valence-electron chi connectivity index (χ2n) is 3.89. The Hall–Kier alpha value is -1.86. The number of benzene rings is 1. The monoisotopic (exact) mass is 270 g/mol. The van der Waals surface area contributed by atoms with Gasteiger partial charge in [-0.3, -0.25) is 15.6 Å². The summed E-state index contributed by atoms with van der Waals surface area (Å²) in [5, 5.41) is 0. The second-order valence-corrected chi connectivity index (χ2v) is 3.89. The van der Waals surface area contributed by atoms with Crippen molar-refractivity contribution < 1.29 is 23.4 Å². The molecule has 0 radical (unpaired) electrons. The Morgan fingerprint density at radius 1 is 1.47 bits per heavy atom. The number of hydrazine groups is 1. The highest BCUT2D eigenvalue weighted by Crippen LogP contribution is 2.24. The van der Waals surface area contributed by atoms with Crippen LogP contribution in [0.2, 0.25) is 0 Å². The molecule has 0 spiro atoms. The number of nitrogens with one attached hydrogen (secondary N) is 2. The molecule has 1 aromatic carbocycles. The molecule has 0 bridgehead atoms. The number of ether oxygens (including phenoxy) is 3. The van der Waals surface area contributed by atoms with E-state index in [0.717, 1.165) is 0 Å². The fourth-order valence-corrected chi connectivity index (χ4v) is 1.62. The predicted octanol–water partition coefficient (Wildman–Crippen LogP) is 0.693. The van der Waals surface area contributed by atoms with Gasteiger partial charge in [-0.2, -0.15) is 0 Å². The van der Waals surface area contributed by atoms with E-state index in [9.17, 15) is 9.18 Å². The Morgan fingerprint density at radius 2 is 2.32 bits per heavy atom. The van der Waals surface area contributed by atoms with E-state index >= 15 is 0 Å². The average molecular weight is 270 g/mol. The number of carbonyl (C=O) groups is 1. The molecule has 6 nitrogen and oxygen atoms in total.